The van der Waals surface area contributed by atoms with Gasteiger partial charge in [0.15, 0.2) is 0 Å². The molecule has 2 rings (SSSR count). The lowest BCUT2D eigenvalue weighted by atomic mass is 9.93. The van der Waals surface area contributed by atoms with Crippen LogP contribution in [-0.2, 0) is 9.53 Å². The normalized spacial score (nSPS) is 31.9. The van der Waals surface area contributed by atoms with Crippen LogP contribution >= 0.6 is 0 Å². The van der Waals surface area contributed by atoms with E-state index in [2.05, 4.69) is 6.08 Å². The van der Waals surface area contributed by atoms with Crippen molar-refractivity contribution in [2.75, 3.05) is 6.61 Å². The number of ether oxygens (including phenoxy) is 1. The van der Waals surface area contributed by atoms with Crippen LogP contribution in [0.5, 0.6) is 0 Å². The van der Waals surface area contributed by atoms with Gasteiger partial charge >= 0.3 is 5.97 Å². The molecule has 0 aliphatic heterocycles. The average Bonchev–Trinajstić information content (AvgIpc) is 2.60. The summed E-state index contributed by atoms with van der Waals surface area (Å²) < 4.78 is 5.01. The molecule has 0 aromatic heterocycles. The summed E-state index contributed by atoms with van der Waals surface area (Å²) in [6.07, 6.45) is 5.97. The maximum Gasteiger partial charge on any atom is 0.302 e. The number of fused-ring (bicyclic) bond motifs is 2. The van der Waals surface area contributed by atoms with Crippen molar-refractivity contribution < 1.29 is 9.53 Å². The summed E-state index contributed by atoms with van der Waals surface area (Å²) in [6, 6.07) is 0. The molecule has 1 saturated carbocycles. The van der Waals surface area contributed by atoms with Gasteiger partial charge in [0, 0.05) is 12.8 Å². The van der Waals surface area contributed by atoms with E-state index in [1.165, 1.54) is 19.8 Å². The predicted molar refractivity (Wildman–Crippen MR) is 45.5 cm³/mol. The molecule has 12 heavy (non-hydrogen) atoms. The second kappa shape index (κ2) is 2.92. The van der Waals surface area contributed by atoms with E-state index < -0.39 is 0 Å². The lowest BCUT2D eigenvalue weighted by molar-refractivity contribution is -0.142. The third kappa shape index (κ3) is 1.38. The predicted octanol–water partition coefficient (Wildman–Crippen LogP) is 1.91. The van der Waals surface area contributed by atoms with E-state index >= 15 is 0 Å². The smallest absolute Gasteiger partial charge is 0.302 e. The van der Waals surface area contributed by atoms with Gasteiger partial charge in [-0.2, -0.15) is 0 Å². The fourth-order valence-corrected chi connectivity index (χ4v) is 2.27. The number of hydrogen-bond acceptors (Lipinski definition) is 2. The van der Waals surface area contributed by atoms with Crippen LogP contribution in [0.15, 0.2) is 11.6 Å². The minimum absolute atomic E-state index is 0.147. The number of rotatable bonds is 2. The zero-order valence-electron chi connectivity index (χ0n) is 7.38. The Morgan fingerprint density at radius 1 is 1.67 bits per heavy atom. The van der Waals surface area contributed by atoms with E-state index in [1.54, 1.807) is 5.57 Å². The van der Waals surface area contributed by atoms with Gasteiger partial charge in [0.05, 0.1) is 6.61 Å². The lowest BCUT2D eigenvalue weighted by Gasteiger charge is -2.17. The third-order valence-corrected chi connectivity index (χ3v) is 2.93. The second-order valence-corrected chi connectivity index (χ2v) is 3.83. The Kier molecular flexibility index (Phi) is 1.91. The van der Waals surface area contributed by atoms with E-state index in [-0.39, 0.29) is 5.97 Å². The minimum Gasteiger partial charge on any atom is -0.466 e. The van der Waals surface area contributed by atoms with Gasteiger partial charge in [0.1, 0.15) is 0 Å². The topological polar surface area (TPSA) is 26.3 Å². The van der Waals surface area contributed by atoms with Crippen molar-refractivity contribution in [3.8, 4) is 0 Å². The summed E-state index contributed by atoms with van der Waals surface area (Å²) in [5.74, 6) is 1.25. The molecule has 2 bridgehead atoms. The molecule has 0 aromatic carbocycles. The molecule has 2 nitrogen and oxygen atoms in total. The molecular formula is C10H14O2. The number of allylic oxidation sites excluding steroid dienone is 2. The Morgan fingerprint density at radius 3 is 3.00 bits per heavy atom. The quantitative estimate of drug-likeness (QED) is 0.462. The molecule has 0 aromatic rings. The van der Waals surface area contributed by atoms with Crippen molar-refractivity contribution in [2.45, 2.75) is 26.2 Å². The molecule has 2 aliphatic rings. The summed E-state index contributed by atoms with van der Waals surface area (Å²) in [6.45, 7) is 2.11. The molecule has 2 unspecified atom stereocenters. The molecule has 0 spiro atoms. The first-order valence-electron chi connectivity index (χ1n) is 4.57. The fourth-order valence-electron chi connectivity index (χ4n) is 2.27. The van der Waals surface area contributed by atoms with Crippen molar-refractivity contribution >= 4 is 5.97 Å². The van der Waals surface area contributed by atoms with E-state index in [4.69, 9.17) is 4.74 Å². The van der Waals surface area contributed by atoms with Gasteiger partial charge < -0.3 is 4.74 Å². The summed E-state index contributed by atoms with van der Waals surface area (Å²) in [4.78, 5) is 10.6. The summed E-state index contributed by atoms with van der Waals surface area (Å²) in [5, 5.41) is 0. The SMILES string of the molecule is CC(=O)OCC1CC2=CCC1C2. The number of hydrogen-bond donors (Lipinski definition) is 0. The van der Waals surface area contributed by atoms with Crippen LogP contribution in [0.4, 0.5) is 0 Å². The molecule has 2 heteroatoms. The highest BCUT2D eigenvalue weighted by atomic mass is 16.5. The number of esters is 1. The van der Waals surface area contributed by atoms with Crippen LogP contribution in [0.2, 0.25) is 0 Å². The van der Waals surface area contributed by atoms with Crippen molar-refractivity contribution in [1.29, 1.82) is 0 Å². The highest BCUT2D eigenvalue weighted by Crippen LogP contribution is 2.44. The van der Waals surface area contributed by atoms with Crippen molar-refractivity contribution in [1.82, 2.24) is 0 Å². The van der Waals surface area contributed by atoms with Crippen LogP contribution in [-0.4, -0.2) is 12.6 Å². The summed E-state index contributed by atoms with van der Waals surface area (Å²) in [7, 11) is 0. The monoisotopic (exact) mass is 166 g/mol. The van der Waals surface area contributed by atoms with Crippen LogP contribution in [0, 0.1) is 11.8 Å². The van der Waals surface area contributed by atoms with E-state index in [1.807, 2.05) is 0 Å². The fraction of sp³-hybridized carbons (Fsp3) is 0.700. The molecule has 0 heterocycles. The minimum atomic E-state index is -0.147. The molecule has 1 fully saturated rings. The van der Waals surface area contributed by atoms with Gasteiger partial charge in [-0.1, -0.05) is 11.6 Å². The van der Waals surface area contributed by atoms with E-state index in [0.29, 0.717) is 12.5 Å². The molecule has 66 valence electrons. The standard InChI is InChI=1S/C10H14O2/c1-7(11)12-6-10-5-8-2-3-9(10)4-8/h2,9-10H,3-6H2,1H3. The molecule has 0 amide bonds. The van der Waals surface area contributed by atoms with Gasteiger partial charge in [-0.3, -0.25) is 4.79 Å². The number of carbonyl (C=O) groups excluding carboxylic acids is 1. The second-order valence-electron chi connectivity index (χ2n) is 3.83. The maximum atomic E-state index is 10.6. The molecular weight excluding hydrogens is 152 g/mol. The van der Waals surface area contributed by atoms with Crippen molar-refractivity contribution in [3.05, 3.63) is 11.6 Å². The number of carbonyl (C=O) groups is 1. The summed E-state index contributed by atoms with van der Waals surface area (Å²) >= 11 is 0. The summed E-state index contributed by atoms with van der Waals surface area (Å²) in [5.41, 5.74) is 1.58. The molecule has 0 N–H and O–H groups in total. The average molecular weight is 166 g/mol. The zero-order chi connectivity index (χ0) is 8.55. The van der Waals surface area contributed by atoms with Gasteiger partial charge in [-0.05, 0) is 25.2 Å². The Morgan fingerprint density at radius 2 is 2.50 bits per heavy atom. The molecule has 0 radical (unpaired) electrons. The van der Waals surface area contributed by atoms with Crippen LogP contribution in [0.3, 0.4) is 0 Å². The van der Waals surface area contributed by atoms with E-state index in [9.17, 15) is 4.79 Å². The van der Waals surface area contributed by atoms with Crippen LogP contribution in [0.1, 0.15) is 26.2 Å². The van der Waals surface area contributed by atoms with Crippen molar-refractivity contribution in [2.24, 2.45) is 11.8 Å². The first-order valence-corrected chi connectivity index (χ1v) is 4.57. The van der Waals surface area contributed by atoms with Gasteiger partial charge in [0.2, 0.25) is 0 Å². The first kappa shape index (κ1) is 7.84. The Labute approximate surface area is 72.6 Å². The van der Waals surface area contributed by atoms with Gasteiger partial charge in [-0.25, -0.2) is 0 Å². The lowest BCUT2D eigenvalue weighted by Crippen LogP contribution is -2.16. The Bertz CT molecular complexity index is 230. The van der Waals surface area contributed by atoms with Gasteiger partial charge in [0.25, 0.3) is 0 Å². The van der Waals surface area contributed by atoms with Crippen LogP contribution < -0.4 is 0 Å². The Balaban J connectivity index is 1.84. The molecule has 0 saturated heterocycles. The van der Waals surface area contributed by atoms with Crippen LogP contribution in [0.25, 0.3) is 0 Å². The van der Waals surface area contributed by atoms with Crippen molar-refractivity contribution in [3.63, 3.8) is 0 Å². The molecule has 2 aliphatic carbocycles. The zero-order valence-corrected chi connectivity index (χ0v) is 7.38. The first-order chi connectivity index (χ1) is 5.75. The highest BCUT2D eigenvalue weighted by Gasteiger charge is 2.34. The third-order valence-electron chi connectivity index (χ3n) is 2.93. The Hall–Kier alpha value is -0.790. The maximum absolute atomic E-state index is 10.6. The highest BCUT2D eigenvalue weighted by molar-refractivity contribution is 5.65. The molecule has 2 atom stereocenters. The van der Waals surface area contributed by atoms with E-state index in [0.717, 1.165) is 12.3 Å². The largest absolute Gasteiger partial charge is 0.466 e. The van der Waals surface area contributed by atoms with Gasteiger partial charge in [-0.15, -0.1) is 0 Å².